The molecule has 4 atom stereocenters. The molecule has 0 unspecified atom stereocenters. The second kappa shape index (κ2) is 6.94. The maximum atomic E-state index is 13.4. The number of anilines is 1. The minimum absolute atomic E-state index is 0.0924. The highest BCUT2D eigenvalue weighted by atomic mass is 35.5. The van der Waals surface area contributed by atoms with E-state index in [0.717, 1.165) is 12.8 Å². The first-order chi connectivity index (χ1) is 14.0. The summed E-state index contributed by atoms with van der Waals surface area (Å²) in [5.74, 6) is -1.93. The molecule has 148 valence electrons. The van der Waals surface area contributed by atoms with Crippen molar-refractivity contribution in [1.82, 2.24) is 4.90 Å². The summed E-state index contributed by atoms with van der Waals surface area (Å²) in [6, 6.07) is 12.8. The number of hydrogen-bond acceptors (Lipinski definition) is 4. The number of para-hydroxylation sites is 1. The molecule has 3 fully saturated rings. The van der Waals surface area contributed by atoms with Crippen LogP contribution in [0, 0.1) is 11.8 Å². The van der Waals surface area contributed by atoms with Crippen LogP contribution >= 0.6 is 23.2 Å². The first-order valence-electron chi connectivity index (χ1n) is 9.67. The van der Waals surface area contributed by atoms with Gasteiger partial charge in [-0.2, -0.15) is 0 Å². The third-order valence-electron chi connectivity index (χ3n) is 6.34. The van der Waals surface area contributed by atoms with Crippen molar-refractivity contribution in [3.05, 3.63) is 64.1 Å². The van der Waals surface area contributed by atoms with Crippen LogP contribution in [0.25, 0.3) is 0 Å². The van der Waals surface area contributed by atoms with E-state index in [-0.39, 0.29) is 23.6 Å². The zero-order valence-corrected chi connectivity index (χ0v) is 16.9. The van der Waals surface area contributed by atoms with E-state index >= 15 is 0 Å². The fraction of sp³-hybridized carbons (Fsp3) is 0.318. The number of nitrogens with zero attached hydrogens (tertiary/aromatic N) is 2. The zero-order chi connectivity index (χ0) is 20.3. The van der Waals surface area contributed by atoms with Gasteiger partial charge >= 0.3 is 0 Å². The molecule has 0 aromatic heterocycles. The Morgan fingerprint density at radius 2 is 1.62 bits per heavy atom. The minimum atomic E-state index is -0.688. The van der Waals surface area contributed by atoms with E-state index in [4.69, 9.17) is 23.2 Å². The van der Waals surface area contributed by atoms with Crippen LogP contribution in [-0.4, -0.2) is 41.1 Å². The lowest BCUT2D eigenvalue weighted by Gasteiger charge is -2.27. The molecular formula is C22H18Cl2N2O3. The van der Waals surface area contributed by atoms with Gasteiger partial charge in [0, 0.05) is 16.6 Å². The Hall–Kier alpha value is -2.21. The topological polar surface area (TPSA) is 57.7 Å². The van der Waals surface area contributed by atoms with Gasteiger partial charge in [0.25, 0.3) is 0 Å². The lowest BCUT2D eigenvalue weighted by atomic mass is 9.85. The zero-order valence-electron chi connectivity index (χ0n) is 15.4. The molecule has 0 bridgehead atoms. The number of carbonyl (C=O) groups excluding carboxylic acids is 3. The number of carbonyl (C=O) groups is 3. The normalized spacial score (nSPS) is 28.7. The SMILES string of the molecule is O=C(c1ccc(Cl)cc1)[C@@H]1[C@@H]2C(=O)N(c3ccccc3Cl)C(=O)[C@@H]2[C@H]2CCCN21. The molecule has 29 heavy (non-hydrogen) atoms. The fourth-order valence-corrected chi connectivity index (χ4v) is 5.52. The lowest BCUT2D eigenvalue weighted by Crippen LogP contribution is -2.46. The molecule has 3 aliphatic heterocycles. The maximum absolute atomic E-state index is 13.4. The third-order valence-corrected chi connectivity index (χ3v) is 6.91. The van der Waals surface area contributed by atoms with Crippen molar-refractivity contribution in [2.75, 3.05) is 11.4 Å². The molecule has 2 aromatic carbocycles. The minimum Gasteiger partial charge on any atom is -0.292 e. The highest BCUT2D eigenvalue weighted by Crippen LogP contribution is 2.49. The van der Waals surface area contributed by atoms with Crippen molar-refractivity contribution in [2.24, 2.45) is 11.8 Å². The van der Waals surface area contributed by atoms with Crippen molar-refractivity contribution in [3.63, 3.8) is 0 Å². The number of fused-ring (bicyclic) bond motifs is 3. The summed E-state index contributed by atoms with van der Waals surface area (Å²) in [7, 11) is 0. The number of halogens is 2. The number of benzene rings is 2. The summed E-state index contributed by atoms with van der Waals surface area (Å²) in [6.45, 7) is 0.717. The molecule has 2 amide bonds. The van der Waals surface area contributed by atoms with Gasteiger partial charge in [0.2, 0.25) is 11.8 Å². The van der Waals surface area contributed by atoms with E-state index in [1.807, 2.05) is 0 Å². The summed E-state index contributed by atoms with van der Waals surface area (Å²) in [4.78, 5) is 43.4. The molecule has 0 saturated carbocycles. The van der Waals surface area contributed by atoms with E-state index in [2.05, 4.69) is 4.90 Å². The monoisotopic (exact) mass is 428 g/mol. The van der Waals surface area contributed by atoms with Gasteiger partial charge in [-0.05, 0) is 55.8 Å². The largest absolute Gasteiger partial charge is 0.292 e. The van der Waals surface area contributed by atoms with Crippen molar-refractivity contribution >= 4 is 46.5 Å². The Kier molecular flexibility index (Phi) is 4.50. The van der Waals surface area contributed by atoms with E-state index in [9.17, 15) is 14.4 Å². The molecular weight excluding hydrogens is 411 g/mol. The van der Waals surface area contributed by atoms with Crippen LogP contribution in [0.15, 0.2) is 48.5 Å². The first kappa shape index (κ1) is 18.8. The van der Waals surface area contributed by atoms with Gasteiger partial charge in [0.05, 0.1) is 28.6 Å². The molecule has 3 aliphatic rings. The number of ketones is 1. The number of hydrogen-bond donors (Lipinski definition) is 0. The second-order valence-electron chi connectivity index (χ2n) is 7.78. The van der Waals surface area contributed by atoms with Gasteiger partial charge in [0.15, 0.2) is 5.78 Å². The average molecular weight is 429 g/mol. The molecule has 5 nitrogen and oxygen atoms in total. The van der Waals surface area contributed by atoms with E-state index in [1.54, 1.807) is 48.5 Å². The van der Waals surface area contributed by atoms with Crippen molar-refractivity contribution in [1.29, 1.82) is 0 Å². The fourth-order valence-electron chi connectivity index (χ4n) is 5.17. The Bertz CT molecular complexity index is 1020. The molecule has 0 spiro atoms. The molecule has 0 radical (unpaired) electrons. The second-order valence-corrected chi connectivity index (χ2v) is 8.62. The van der Waals surface area contributed by atoms with Gasteiger partial charge in [-0.1, -0.05) is 35.3 Å². The first-order valence-corrected chi connectivity index (χ1v) is 10.4. The predicted molar refractivity (Wildman–Crippen MR) is 110 cm³/mol. The molecule has 5 rings (SSSR count). The average Bonchev–Trinajstić information content (AvgIpc) is 3.35. The Labute approximate surface area is 178 Å². The highest BCUT2D eigenvalue weighted by molar-refractivity contribution is 6.36. The quantitative estimate of drug-likeness (QED) is 0.550. The molecule has 2 aromatic rings. The van der Waals surface area contributed by atoms with Gasteiger partial charge in [-0.15, -0.1) is 0 Å². The Morgan fingerprint density at radius 3 is 2.34 bits per heavy atom. The molecule has 0 aliphatic carbocycles. The number of amides is 2. The number of Topliss-reactive ketones (excluding diaryl/α,β-unsaturated/α-hetero) is 1. The lowest BCUT2D eigenvalue weighted by molar-refractivity contribution is -0.123. The van der Waals surface area contributed by atoms with E-state index in [0.29, 0.717) is 27.8 Å². The summed E-state index contributed by atoms with van der Waals surface area (Å²) < 4.78 is 0. The van der Waals surface area contributed by atoms with Crippen molar-refractivity contribution in [2.45, 2.75) is 24.9 Å². The molecule has 7 heteroatoms. The third kappa shape index (κ3) is 2.75. The summed E-state index contributed by atoms with van der Waals surface area (Å²) in [5, 5.41) is 0.889. The van der Waals surface area contributed by atoms with Crippen molar-refractivity contribution in [3.8, 4) is 0 Å². The summed E-state index contributed by atoms with van der Waals surface area (Å²) in [5.41, 5.74) is 0.892. The van der Waals surface area contributed by atoms with Crippen LogP contribution in [0.5, 0.6) is 0 Å². The predicted octanol–water partition coefficient (Wildman–Crippen LogP) is 3.83. The molecule has 0 N–H and O–H groups in total. The van der Waals surface area contributed by atoms with Crippen LogP contribution in [0.3, 0.4) is 0 Å². The molecule has 3 saturated heterocycles. The Morgan fingerprint density at radius 1 is 0.931 bits per heavy atom. The Balaban J connectivity index is 1.56. The van der Waals surface area contributed by atoms with Gasteiger partial charge in [-0.3, -0.25) is 19.3 Å². The van der Waals surface area contributed by atoms with E-state index in [1.165, 1.54) is 4.90 Å². The van der Waals surface area contributed by atoms with Gasteiger partial charge in [-0.25, -0.2) is 4.90 Å². The summed E-state index contributed by atoms with van der Waals surface area (Å²) in [6.07, 6.45) is 1.72. The standard InChI is InChI=1S/C22H18Cl2N2O3/c23-13-9-7-12(8-10-13)20(27)19-18-17(16-6-3-11-25(16)19)21(28)26(22(18)29)15-5-2-1-4-14(15)24/h1-2,4-5,7-10,16-19H,3,6,11H2/t16-,17-,18-,19+/m1/s1. The number of rotatable bonds is 3. The van der Waals surface area contributed by atoms with Crippen LogP contribution in [0.4, 0.5) is 5.69 Å². The summed E-state index contributed by atoms with van der Waals surface area (Å²) >= 11 is 12.2. The van der Waals surface area contributed by atoms with E-state index < -0.39 is 17.9 Å². The smallest absolute Gasteiger partial charge is 0.239 e. The van der Waals surface area contributed by atoms with Crippen molar-refractivity contribution < 1.29 is 14.4 Å². The van der Waals surface area contributed by atoms with Crippen LogP contribution in [0.2, 0.25) is 10.0 Å². The van der Waals surface area contributed by atoms with Gasteiger partial charge < -0.3 is 0 Å². The molecule has 3 heterocycles. The maximum Gasteiger partial charge on any atom is 0.239 e. The highest BCUT2D eigenvalue weighted by Gasteiger charge is 2.64. The van der Waals surface area contributed by atoms with Gasteiger partial charge in [0.1, 0.15) is 0 Å². The van der Waals surface area contributed by atoms with Crippen LogP contribution in [-0.2, 0) is 9.59 Å². The van der Waals surface area contributed by atoms with Crippen LogP contribution in [0.1, 0.15) is 23.2 Å². The van der Waals surface area contributed by atoms with Crippen LogP contribution < -0.4 is 4.90 Å². The number of imide groups is 1.